The molecule has 27 heavy (non-hydrogen) atoms. The van der Waals surface area contributed by atoms with Crippen molar-refractivity contribution in [3.63, 3.8) is 0 Å². The lowest BCUT2D eigenvalue weighted by Gasteiger charge is -2.09. The minimum Gasteiger partial charge on any atom is -0.465 e. The van der Waals surface area contributed by atoms with Crippen LogP contribution in [-0.2, 0) is 18.2 Å². The van der Waals surface area contributed by atoms with Crippen molar-refractivity contribution >= 4 is 22.6 Å². The van der Waals surface area contributed by atoms with Gasteiger partial charge in [-0.25, -0.2) is 9.48 Å². The van der Waals surface area contributed by atoms with Crippen molar-refractivity contribution in [2.24, 2.45) is 7.05 Å². The molecule has 3 rings (SSSR count). The molecule has 7 heteroatoms. The lowest BCUT2D eigenvalue weighted by atomic mass is 10.1. The first-order valence-electron chi connectivity index (χ1n) is 8.42. The van der Waals surface area contributed by atoms with Crippen LogP contribution in [0.25, 0.3) is 10.8 Å². The third kappa shape index (κ3) is 3.87. The fourth-order valence-corrected chi connectivity index (χ4v) is 2.80. The maximum absolute atomic E-state index is 12.5. The van der Waals surface area contributed by atoms with E-state index in [2.05, 4.69) is 15.2 Å². The quantitative estimate of drug-likeness (QED) is 0.695. The molecule has 7 nitrogen and oxygen atoms in total. The monoisotopic (exact) mass is 365 g/mol. The van der Waals surface area contributed by atoms with E-state index >= 15 is 0 Å². The fraction of sp³-hybridized carbons (Fsp3) is 0.200. The SMILES string of the molecule is COC(=O)c1ccc(CCNC(=O)c2nn(C)c(=O)c3ccccc23)cc1. The Hall–Kier alpha value is -3.48. The number of methoxy groups -OCH3 is 1. The number of fused-ring (bicyclic) bond motifs is 1. The van der Waals surface area contributed by atoms with Crippen molar-refractivity contribution in [2.75, 3.05) is 13.7 Å². The van der Waals surface area contributed by atoms with E-state index in [-0.39, 0.29) is 23.1 Å². The molecule has 0 fully saturated rings. The van der Waals surface area contributed by atoms with Crippen LogP contribution in [0.2, 0.25) is 0 Å². The second-order valence-electron chi connectivity index (χ2n) is 6.02. The fourth-order valence-electron chi connectivity index (χ4n) is 2.80. The van der Waals surface area contributed by atoms with Crippen LogP contribution in [0.3, 0.4) is 0 Å². The van der Waals surface area contributed by atoms with Gasteiger partial charge in [0.25, 0.3) is 11.5 Å². The molecule has 0 aliphatic rings. The summed E-state index contributed by atoms with van der Waals surface area (Å²) in [4.78, 5) is 36.1. The number of aryl methyl sites for hydroxylation is 1. The maximum atomic E-state index is 12.5. The largest absolute Gasteiger partial charge is 0.465 e. The minimum atomic E-state index is -0.387. The second kappa shape index (κ2) is 7.82. The Labute approximate surface area is 155 Å². The summed E-state index contributed by atoms with van der Waals surface area (Å²) in [6.07, 6.45) is 0.594. The van der Waals surface area contributed by atoms with E-state index in [0.717, 1.165) is 5.56 Å². The number of nitrogens with zero attached hydrogens (tertiary/aromatic N) is 2. The van der Waals surface area contributed by atoms with Crippen LogP contribution in [0.5, 0.6) is 0 Å². The molecule has 0 unspecified atom stereocenters. The van der Waals surface area contributed by atoms with Crippen LogP contribution in [0.1, 0.15) is 26.4 Å². The summed E-state index contributed by atoms with van der Waals surface area (Å²) in [6.45, 7) is 0.398. The average Bonchev–Trinajstić information content (AvgIpc) is 2.70. The highest BCUT2D eigenvalue weighted by atomic mass is 16.5. The highest BCUT2D eigenvalue weighted by Gasteiger charge is 2.15. The van der Waals surface area contributed by atoms with Gasteiger partial charge >= 0.3 is 5.97 Å². The molecular weight excluding hydrogens is 346 g/mol. The molecule has 1 aromatic heterocycles. The average molecular weight is 365 g/mol. The molecule has 0 radical (unpaired) electrons. The van der Waals surface area contributed by atoms with Gasteiger partial charge in [0, 0.05) is 19.0 Å². The molecule has 1 heterocycles. The zero-order valence-corrected chi connectivity index (χ0v) is 15.1. The zero-order chi connectivity index (χ0) is 19.4. The summed E-state index contributed by atoms with van der Waals surface area (Å²) < 4.78 is 5.83. The molecular formula is C20H19N3O4. The number of aromatic nitrogens is 2. The maximum Gasteiger partial charge on any atom is 0.337 e. The van der Waals surface area contributed by atoms with Crippen LogP contribution >= 0.6 is 0 Å². The first kappa shape index (κ1) is 18.3. The molecule has 0 spiro atoms. The number of amides is 1. The zero-order valence-electron chi connectivity index (χ0n) is 15.1. The van der Waals surface area contributed by atoms with Crippen LogP contribution in [0.4, 0.5) is 0 Å². The number of esters is 1. The second-order valence-corrected chi connectivity index (χ2v) is 6.02. The van der Waals surface area contributed by atoms with Gasteiger partial charge in [-0.15, -0.1) is 0 Å². The lowest BCUT2D eigenvalue weighted by Crippen LogP contribution is -2.30. The summed E-state index contributed by atoms with van der Waals surface area (Å²) in [5, 5.41) is 7.92. The Morgan fingerprint density at radius 3 is 2.41 bits per heavy atom. The van der Waals surface area contributed by atoms with Crippen molar-refractivity contribution in [3.8, 4) is 0 Å². The van der Waals surface area contributed by atoms with Crippen LogP contribution in [0, 0.1) is 0 Å². The van der Waals surface area contributed by atoms with Gasteiger partial charge in [0.2, 0.25) is 0 Å². The Kier molecular flexibility index (Phi) is 5.30. The Bertz CT molecular complexity index is 1060. The molecule has 0 aliphatic heterocycles. The van der Waals surface area contributed by atoms with E-state index in [0.29, 0.717) is 29.3 Å². The van der Waals surface area contributed by atoms with Gasteiger partial charge in [0.05, 0.1) is 18.1 Å². The number of nitrogens with one attached hydrogen (secondary N) is 1. The van der Waals surface area contributed by atoms with Gasteiger partial charge in [-0.05, 0) is 30.2 Å². The first-order valence-corrected chi connectivity index (χ1v) is 8.42. The van der Waals surface area contributed by atoms with Crippen molar-refractivity contribution < 1.29 is 14.3 Å². The molecule has 2 aromatic carbocycles. The number of carbonyl (C=O) groups is 2. The van der Waals surface area contributed by atoms with Crippen molar-refractivity contribution in [1.29, 1.82) is 0 Å². The van der Waals surface area contributed by atoms with Gasteiger partial charge in [0.1, 0.15) is 0 Å². The van der Waals surface area contributed by atoms with Crippen molar-refractivity contribution in [1.82, 2.24) is 15.1 Å². The lowest BCUT2D eigenvalue weighted by molar-refractivity contribution is 0.0600. The number of hydrogen-bond donors (Lipinski definition) is 1. The van der Waals surface area contributed by atoms with E-state index < -0.39 is 0 Å². The molecule has 138 valence electrons. The topological polar surface area (TPSA) is 90.3 Å². The van der Waals surface area contributed by atoms with Gasteiger partial charge in [-0.2, -0.15) is 5.10 Å². The third-order valence-electron chi connectivity index (χ3n) is 4.25. The summed E-state index contributed by atoms with van der Waals surface area (Å²) in [7, 11) is 2.86. The standard InChI is InChI=1S/C20H19N3O4/c1-23-19(25)16-6-4-3-5-15(16)17(22-23)18(24)21-12-11-13-7-9-14(10-8-13)20(26)27-2/h3-10H,11-12H2,1-2H3,(H,21,24). The Balaban J connectivity index is 1.70. The molecule has 3 aromatic rings. The normalized spacial score (nSPS) is 10.6. The molecule has 0 aliphatic carbocycles. The van der Waals surface area contributed by atoms with E-state index in [4.69, 9.17) is 0 Å². The highest BCUT2D eigenvalue weighted by molar-refractivity contribution is 6.04. The van der Waals surface area contributed by atoms with E-state index in [1.807, 2.05) is 12.1 Å². The highest BCUT2D eigenvalue weighted by Crippen LogP contribution is 2.13. The number of carbonyl (C=O) groups excluding carboxylic acids is 2. The predicted molar refractivity (Wildman–Crippen MR) is 101 cm³/mol. The molecule has 0 saturated carbocycles. The van der Waals surface area contributed by atoms with E-state index in [9.17, 15) is 14.4 Å². The summed E-state index contributed by atoms with van der Waals surface area (Å²) in [6, 6.07) is 13.9. The first-order chi connectivity index (χ1) is 13.0. The molecule has 0 bridgehead atoms. The van der Waals surface area contributed by atoms with E-state index in [1.54, 1.807) is 36.4 Å². The number of rotatable bonds is 5. The van der Waals surface area contributed by atoms with E-state index in [1.165, 1.54) is 18.8 Å². The Morgan fingerprint density at radius 1 is 1.07 bits per heavy atom. The third-order valence-corrected chi connectivity index (χ3v) is 4.25. The minimum absolute atomic E-state index is 0.216. The number of benzene rings is 2. The predicted octanol–water partition coefficient (Wildman–Crippen LogP) is 1.69. The van der Waals surface area contributed by atoms with Crippen LogP contribution in [-0.4, -0.2) is 35.3 Å². The van der Waals surface area contributed by atoms with Crippen molar-refractivity contribution in [3.05, 3.63) is 75.7 Å². The van der Waals surface area contributed by atoms with Gasteiger partial charge < -0.3 is 10.1 Å². The number of ether oxygens (including phenoxy) is 1. The van der Waals surface area contributed by atoms with Crippen LogP contribution < -0.4 is 10.9 Å². The van der Waals surface area contributed by atoms with Gasteiger partial charge in [-0.3, -0.25) is 9.59 Å². The van der Waals surface area contributed by atoms with Gasteiger partial charge in [-0.1, -0.05) is 30.3 Å². The summed E-state index contributed by atoms with van der Waals surface area (Å²) in [5.74, 6) is -0.726. The Morgan fingerprint density at radius 2 is 1.74 bits per heavy atom. The van der Waals surface area contributed by atoms with Crippen molar-refractivity contribution in [2.45, 2.75) is 6.42 Å². The van der Waals surface area contributed by atoms with Gasteiger partial charge in [0.15, 0.2) is 5.69 Å². The summed E-state index contributed by atoms with van der Waals surface area (Å²) in [5.41, 5.74) is 1.42. The smallest absolute Gasteiger partial charge is 0.337 e. The molecule has 0 saturated heterocycles. The molecule has 1 N–H and O–H groups in total. The number of hydrogen-bond acceptors (Lipinski definition) is 5. The summed E-state index contributed by atoms with van der Waals surface area (Å²) >= 11 is 0. The van der Waals surface area contributed by atoms with Crippen LogP contribution in [0.15, 0.2) is 53.3 Å². The molecule has 1 amide bonds. The molecule has 0 atom stereocenters.